The number of nitro benzene ring substituents is 1. The van der Waals surface area contributed by atoms with Crippen LogP contribution in [-0.4, -0.2) is 48.7 Å². The molecular formula is C12H15N3O6. The molecule has 1 rings (SSSR count). The van der Waals surface area contributed by atoms with Crippen molar-refractivity contribution in [3.63, 3.8) is 0 Å². The molecule has 9 nitrogen and oxygen atoms in total. The monoisotopic (exact) mass is 297 g/mol. The molecule has 0 atom stereocenters. The van der Waals surface area contributed by atoms with E-state index in [4.69, 9.17) is 15.6 Å². The van der Waals surface area contributed by atoms with Crippen LogP contribution in [-0.2, 0) is 9.53 Å². The molecule has 0 aliphatic carbocycles. The third kappa shape index (κ3) is 4.42. The second-order valence-electron chi connectivity index (χ2n) is 4.13. The molecule has 0 aromatic heterocycles. The quantitative estimate of drug-likeness (QED) is 0.517. The van der Waals surface area contributed by atoms with Crippen molar-refractivity contribution in [1.29, 1.82) is 0 Å². The number of carbonyl (C=O) groups excluding carboxylic acids is 1. The summed E-state index contributed by atoms with van der Waals surface area (Å²) in [4.78, 5) is 33.8. The number of methoxy groups -OCH3 is 1. The number of non-ortho nitro benzene ring substituents is 1. The number of hydrogen-bond donors (Lipinski definition) is 2. The molecule has 0 heterocycles. The molecule has 0 bridgehead atoms. The van der Waals surface area contributed by atoms with Gasteiger partial charge in [0.2, 0.25) is 0 Å². The molecule has 9 heteroatoms. The van der Waals surface area contributed by atoms with Crippen LogP contribution in [0, 0.1) is 10.1 Å². The fourth-order valence-electron chi connectivity index (χ4n) is 1.76. The van der Waals surface area contributed by atoms with E-state index in [9.17, 15) is 19.7 Å². The van der Waals surface area contributed by atoms with Crippen LogP contribution in [0.3, 0.4) is 0 Å². The average molecular weight is 297 g/mol. The van der Waals surface area contributed by atoms with E-state index in [1.54, 1.807) is 0 Å². The number of nitrogens with two attached hydrogens (primary N) is 1. The summed E-state index contributed by atoms with van der Waals surface area (Å²) in [5, 5.41) is 19.6. The van der Waals surface area contributed by atoms with E-state index in [0.717, 1.165) is 6.07 Å². The van der Waals surface area contributed by atoms with Crippen molar-refractivity contribution in [1.82, 2.24) is 0 Å². The van der Waals surface area contributed by atoms with E-state index in [1.165, 1.54) is 24.1 Å². The first kappa shape index (κ1) is 16.4. The van der Waals surface area contributed by atoms with Gasteiger partial charge in [0.25, 0.3) is 11.6 Å². The number of anilines is 1. The molecule has 0 aliphatic heterocycles. The number of carbonyl (C=O) groups is 2. The van der Waals surface area contributed by atoms with Gasteiger partial charge < -0.3 is 20.5 Å². The summed E-state index contributed by atoms with van der Waals surface area (Å²) in [6.45, 7) is 0.0326. The molecule has 21 heavy (non-hydrogen) atoms. The molecular weight excluding hydrogens is 282 g/mol. The molecule has 1 aromatic carbocycles. The molecule has 0 saturated heterocycles. The number of hydrogen-bond acceptors (Lipinski definition) is 6. The van der Waals surface area contributed by atoms with Gasteiger partial charge in [0.05, 0.1) is 22.8 Å². The van der Waals surface area contributed by atoms with Gasteiger partial charge in [-0.3, -0.25) is 19.7 Å². The summed E-state index contributed by atoms with van der Waals surface area (Å²) >= 11 is 0. The lowest BCUT2D eigenvalue weighted by Gasteiger charge is -2.24. The SMILES string of the molecule is COCCN(CC(=O)O)c1ccc([N+](=O)[O-])cc1C(N)=O. The Morgan fingerprint density at radius 1 is 1.48 bits per heavy atom. The number of aliphatic carboxylic acids is 1. The Labute approximate surface area is 120 Å². The van der Waals surface area contributed by atoms with Crippen molar-refractivity contribution >= 4 is 23.3 Å². The Morgan fingerprint density at radius 3 is 2.62 bits per heavy atom. The summed E-state index contributed by atoms with van der Waals surface area (Å²) < 4.78 is 4.88. The summed E-state index contributed by atoms with van der Waals surface area (Å²) in [7, 11) is 1.45. The van der Waals surface area contributed by atoms with Crippen LogP contribution in [0.25, 0.3) is 0 Å². The van der Waals surface area contributed by atoms with Crippen LogP contribution in [0.5, 0.6) is 0 Å². The fraction of sp³-hybridized carbons (Fsp3) is 0.333. The van der Waals surface area contributed by atoms with E-state index in [1.807, 2.05) is 0 Å². The van der Waals surface area contributed by atoms with E-state index in [-0.39, 0.29) is 36.6 Å². The number of carboxylic acids is 1. The van der Waals surface area contributed by atoms with Crippen LogP contribution in [0.1, 0.15) is 10.4 Å². The molecule has 1 aromatic rings. The Morgan fingerprint density at radius 2 is 2.14 bits per heavy atom. The van der Waals surface area contributed by atoms with Gasteiger partial charge in [-0.05, 0) is 6.07 Å². The highest BCUT2D eigenvalue weighted by molar-refractivity contribution is 5.99. The largest absolute Gasteiger partial charge is 0.480 e. The molecule has 0 radical (unpaired) electrons. The maximum absolute atomic E-state index is 11.5. The second kappa shape index (κ2) is 7.20. The number of nitro groups is 1. The Kier molecular flexibility index (Phi) is 5.61. The summed E-state index contributed by atoms with van der Waals surface area (Å²) in [6, 6.07) is 3.51. The van der Waals surface area contributed by atoms with Crippen LogP contribution in [0.4, 0.5) is 11.4 Å². The van der Waals surface area contributed by atoms with E-state index >= 15 is 0 Å². The number of rotatable bonds is 8. The lowest BCUT2D eigenvalue weighted by Crippen LogP contribution is -2.34. The molecule has 0 unspecified atom stereocenters. The van der Waals surface area contributed by atoms with Crippen molar-refractivity contribution in [2.24, 2.45) is 5.73 Å². The first-order chi connectivity index (χ1) is 9.86. The average Bonchev–Trinajstić information content (AvgIpc) is 2.42. The minimum absolute atomic E-state index is 0.110. The Balaban J connectivity index is 3.24. The van der Waals surface area contributed by atoms with Gasteiger partial charge in [0, 0.05) is 25.8 Å². The smallest absolute Gasteiger partial charge is 0.323 e. The van der Waals surface area contributed by atoms with Gasteiger partial charge in [-0.2, -0.15) is 0 Å². The minimum Gasteiger partial charge on any atom is -0.480 e. The van der Waals surface area contributed by atoms with Crippen molar-refractivity contribution in [3.05, 3.63) is 33.9 Å². The highest BCUT2D eigenvalue weighted by Gasteiger charge is 2.20. The first-order valence-corrected chi connectivity index (χ1v) is 5.90. The lowest BCUT2D eigenvalue weighted by atomic mass is 10.1. The maximum Gasteiger partial charge on any atom is 0.323 e. The molecule has 0 spiro atoms. The van der Waals surface area contributed by atoms with Gasteiger partial charge in [0.15, 0.2) is 0 Å². The maximum atomic E-state index is 11.5. The highest BCUT2D eigenvalue weighted by atomic mass is 16.6. The zero-order valence-corrected chi connectivity index (χ0v) is 11.3. The predicted octanol–water partition coefficient (Wildman–Crippen LogP) is 0.231. The number of amides is 1. The number of benzene rings is 1. The molecule has 1 amide bonds. The molecule has 0 saturated carbocycles. The van der Waals surface area contributed by atoms with Gasteiger partial charge >= 0.3 is 5.97 Å². The van der Waals surface area contributed by atoms with Crippen molar-refractivity contribution in [2.75, 3.05) is 31.7 Å². The van der Waals surface area contributed by atoms with E-state index in [2.05, 4.69) is 0 Å². The Bertz CT molecular complexity index is 560. The van der Waals surface area contributed by atoms with Crippen molar-refractivity contribution < 1.29 is 24.4 Å². The van der Waals surface area contributed by atoms with Gasteiger partial charge in [0.1, 0.15) is 6.54 Å². The highest BCUT2D eigenvalue weighted by Crippen LogP contribution is 2.25. The zero-order chi connectivity index (χ0) is 16.0. The Hall–Kier alpha value is -2.68. The van der Waals surface area contributed by atoms with E-state index < -0.39 is 16.8 Å². The zero-order valence-electron chi connectivity index (χ0n) is 11.3. The third-order valence-corrected chi connectivity index (χ3v) is 2.69. The summed E-state index contributed by atoms with van der Waals surface area (Å²) in [5.41, 5.74) is 5.02. The molecule has 0 fully saturated rings. The van der Waals surface area contributed by atoms with Gasteiger partial charge in [-0.25, -0.2) is 0 Å². The number of carboxylic acid groups (broad SMARTS) is 1. The van der Waals surface area contributed by atoms with Crippen LogP contribution in [0.2, 0.25) is 0 Å². The normalized spacial score (nSPS) is 10.1. The van der Waals surface area contributed by atoms with Gasteiger partial charge in [-0.1, -0.05) is 0 Å². The van der Waals surface area contributed by atoms with Gasteiger partial charge in [-0.15, -0.1) is 0 Å². The first-order valence-electron chi connectivity index (χ1n) is 5.90. The molecule has 0 aliphatic rings. The second-order valence-corrected chi connectivity index (χ2v) is 4.13. The summed E-state index contributed by atoms with van der Waals surface area (Å²) in [5.74, 6) is -1.98. The van der Waals surface area contributed by atoms with Crippen LogP contribution in [0.15, 0.2) is 18.2 Å². The molecule has 114 valence electrons. The minimum atomic E-state index is -1.11. The predicted molar refractivity (Wildman–Crippen MR) is 73.3 cm³/mol. The lowest BCUT2D eigenvalue weighted by molar-refractivity contribution is -0.384. The van der Waals surface area contributed by atoms with Crippen LogP contribution < -0.4 is 10.6 Å². The standard InChI is InChI=1S/C12H15N3O6/c1-21-5-4-14(7-11(16)17)10-3-2-8(15(19)20)6-9(10)12(13)18/h2-3,6H,4-5,7H2,1H3,(H2,13,18)(H,16,17). The summed E-state index contributed by atoms with van der Waals surface area (Å²) in [6.07, 6.45) is 0. The fourth-order valence-corrected chi connectivity index (χ4v) is 1.76. The van der Waals surface area contributed by atoms with Crippen LogP contribution >= 0.6 is 0 Å². The number of nitrogens with zero attached hydrogens (tertiary/aromatic N) is 2. The number of primary amides is 1. The molecule has 3 N–H and O–H groups in total. The van der Waals surface area contributed by atoms with Crippen molar-refractivity contribution in [3.8, 4) is 0 Å². The number of ether oxygens (including phenoxy) is 1. The van der Waals surface area contributed by atoms with E-state index in [0.29, 0.717) is 0 Å². The topological polar surface area (TPSA) is 136 Å². The van der Waals surface area contributed by atoms with Crippen molar-refractivity contribution in [2.45, 2.75) is 0 Å². The third-order valence-electron chi connectivity index (χ3n) is 2.69.